The maximum atomic E-state index is 13.1. The third kappa shape index (κ3) is 72.1. The normalized spacial score (nSPS) is 14.8. The molecule has 600 valence electrons. The predicted octanol–water partition coefficient (Wildman–Crippen LogP) is 24.4. The fourth-order valence-corrected chi connectivity index (χ4v) is 14.1. The predicted molar refractivity (Wildman–Crippen MR) is 414 cm³/mol. The monoisotopic (exact) mass is 1480 g/mol. The first-order chi connectivity index (χ1) is 48.7. The average Bonchev–Trinajstić information content (AvgIpc) is 0.966. The molecule has 0 saturated carbocycles. The summed E-state index contributed by atoms with van der Waals surface area (Å²) in [6, 6.07) is 0. The Labute approximate surface area is 619 Å². The van der Waals surface area contributed by atoms with Crippen molar-refractivity contribution < 1.29 is 80.2 Å². The quantitative estimate of drug-likeness (QED) is 0.0222. The SMILES string of the molecule is CCC(C)CCCCCCCCCCCCCCCCC(=O)O[C@H](COC(=O)CCCCCCCCC(C)CC)COP(=O)(O)OC[C@H](O)COP(=O)(O)OC[C@@H](COC(=O)CCCCCCCCCCCCC(C)CC)OC(=O)CCCCCCCCCCCCCCCCCCC(C)C. The smallest absolute Gasteiger partial charge is 0.462 e. The highest BCUT2D eigenvalue weighted by Gasteiger charge is 2.30. The van der Waals surface area contributed by atoms with Gasteiger partial charge in [0.25, 0.3) is 0 Å². The maximum Gasteiger partial charge on any atom is 0.472 e. The highest BCUT2D eigenvalue weighted by atomic mass is 31.2. The lowest BCUT2D eigenvalue weighted by molar-refractivity contribution is -0.161. The van der Waals surface area contributed by atoms with Crippen LogP contribution in [0.3, 0.4) is 0 Å². The van der Waals surface area contributed by atoms with Crippen LogP contribution in [0.15, 0.2) is 0 Å². The van der Waals surface area contributed by atoms with Crippen molar-refractivity contribution in [2.45, 2.75) is 440 Å². The highest BCUT2D eigenvalue weighted by molar-refractivity contribution is 7.47. The average molecular weight is 1480 g/mol. The van der Waals surface area contributed by atoms with E-state index in [2.05, 4.69) is 55.4 Å². The minimum absolute atomic E-state index is 0.106. The van der Waals surface area contributed by atoms with E-state index in [0.717, 1.165) is 120 Å². The summed E-state index contributed by atoms with van der Waals surface area (Å²) in [6.45, 7) is 14.3. The molecule has 0 aromatic carbocycles. The molecule has 0 aromatic heterocycles. The van der Waals surface area contributed by atoms with Crippen molar-refractivity contribution in [3.63, 3.8) is 0 Å². The van der Waals surface area contributed by atoms with Crippen molar-refractivity contribution in [1.29, 1.82) is 0 Å². The first-order valence-corrected chi connectivity index (χ1v) is 45.3. The molecular weight excluding hydrogens is 1320 g/mol. The number of hydrogen-bond acceptors (Lipinski definition) is 15. The fraction of sp³-hybridized carbons (Fsp3) is 0.951. The van der Waals surface area contributed by atoms with E-state index in [9.17, 15) is 43.2 Å². The molecule has 3 N–H and O–H groups in total. The third-order valence-corrected chi connectivity index (χ3v) is 22.1. The van der Waals surface area contributed by atoms with Gasteiger partial charge in [0.1, 0.15) is 19.3 Å². The van der Waals surface area contributed by atoms with Gasteiger partial charge in [-0.2, -0.15) is 0 Å². The van der Waals surface area contributed by atoms with E-state index in [0.29, 0.717) is 25.7 Å². The first-order valence-electron chi connectivity index (χ1n) is 42.3. The number of ether oxygens (including phenoxy) is 4. The van der Waals surface area contributed by atoms with Gasteiger partial charge in [-0.05, 0) is 49.4 Å². The molecular formula is C82H160O17P2. The van der Waals surface area contributed by atoms with E-state index in [1.54, 1.807) is 0 Å². The second kappa shape index (κ2) is 71.0. The van der Waals surface area contributed by atoms with Gasteiger partial charge in [-0.15, -0.1) is 0 Å². The molecule has 0 spiro atoms. The standard InChI is InChI=1S/C82H160O17P2/c1-9-73(6)59-51-43-35-29-23-19-16-17-21-25-33-39-49-57-65-82(87)99-78(69-93-80(85)63-55-47-41-40-45-53-61-75(8)11-3)71-97-101(90,91)95-67-76(83)66-94-100(88,89)96-70-77(68-92-79(84)62-54-46-37-31-27-26-30-36-44-52-60-74(7)10-2)98-81(86)64-56-48-38-32-24-20-15-13-12-14-18-22-28-34-42-50-58-72(4)5/h72-78,83H,9-71H2,1-8H3,(H,88,89)(H,90,91)/t73?,74?,75?,76-,77-,78-/m1/s1. The molecule has 0 aliphatic carbocycles. The van der Waals surface area contributed by atoms with Crippen LogP contribution >= 0.6 is 15.6 Å². The lowest BCUT2D eigenvalue weighted by Crippen LogP contribution is -2.30. The molecule has 0 heterocycles. The molecule has 0 amide bonds. The van der Waals surface area contributed by atoms with Gasteiger partial charge in [0.05, 0.1) is 26.4 Å². The van der Waals surface area contributed by atoms with Crippen molar-refractivity contribution in [1.82, 2.24) is 0 Å². The van der Waals surface area contributed by atoms with Gasteiger partial charge in [0.15, 0.2) is 12.2 Å². The highest BCUT2D eigenvalue weighted by Crippen LogP contribution is 2.45. The summed E-state index contributed by atoms with van der Waals surface area (Å²) in [7, 11) is -9.92. The lowest BCUT2D eigenvalue weighted by Gasteiger charge is -2.21. The second-order valence-corrected chi connectivity index (χ2v) is 33.6. The lowest BCUT2D eigenvalue weighted by atomic mass is 9.99. The number of phosphoric ester groups is 2. The van der Waals surface area contributed by atoms with E-state index in [-0.39, 0.29) is 25.7 Å². The zero-order valence-electron chi connectivity index (χ0n) is 66.5. The van der Waals surface area contributed by atoms with Crippen molar-refractivity contribution in [2.24, 2.45) is 23.7 Å². The van der Waals surface area contributed by atoms with E-state index >= 15 is 0 Å². The molecule has 0 rings (SSSR count). The Kier molecular flexibility index (Phi) is 69.6. The van der Waals surface area contributed by atoms with Gasteiger partial charge < -0.3 is 33.8 Å². The summed E-state index contributed by atoms with van der Waals surface area (Å²) in [4.78, 5) is 73.1. The van der Waals surface area contributed by atoms with Crippen LogP contribution in [0.4, 0.5) is 0 Å². The van der Waals surface area contributed by atoms with Crippen LogP contribution in [-0.2, 0) is 65.4 Å². The molecule has 19 heteroatoms. The van der Waals surface area contributed by atoms with Crippen molar-refractivity contribution in [2.75, 3.05) is 39.6 Å². The van der Waals surface area contributed by atoms with Gasteiger partial charge in [0.2, 0.25) is 0 Å². The number of carbonyl (C=O) groups is 4. The Hall–Kier alpha value is -1.94. The zero-order valence-corrected chi connectivity index (χ0v) is 68.3. The number of hydrogen-bond donors (Lipinski definition) is 3. The van der Waals surface area contributed by atoms with E-state index in [4.69, 9.17) is 37.0 Å². The first kappa shape index (κ1) is 99.1. The maximum absolute atomic E-state index is 13.1. The minimum Gasteiger partial charge on any atom is -0.462 e. The molecule has 8 atom stereocenters. The van der Waals surface area contributed by atoms with Crippen LogP contribution in [0.5, 0.6) is 0 Å². The largest absolute Gasteiger partial charge is 0.472 e. The molecule has 0 saturated heterocycles. The fourth-order valence-electron chi connectivity index (χ4n) is 12.5. The Bertz CT molecular complexity index is 1980. The van der Waals surface area contributed by atoms with Gasteiger partial charge in [-0.25, -0.2) is 9.13 Å². The molecule has 0 bridgehead atoms. The van der Waals surface area contributed by atoms with Crippen molar-refractivity contribution in [3.05, 3.63) is 0 Å². The van der Waals surface area contributed by atoms with Crippen LogP contribution in [0.1, 0.15) is 421 Å². The molecule has 0 radical (unpaired) electrons. The summed E-state index contributed by atoms with van der Waals surface area (Å²) in [5, 5.41) is 10.7. The summed E-state index contributed by atoms with van der Waals surface area (Å²) in [5.41, 5.74) is 0. The third-order valence-electron chi connectivity index (χ3n) is 20.2. The molecule has 0 aliphatic heterocycles. The number of unbranched alkanes of at least 4 members (excludes halogenated alkanes) is 42. The minimum atomic E-state index is -4.96. The molecule has 0 fully saturated rings. The number of rotatable bonds is 79. The summed E-state index contributed by atoms with van der Waals surface area (Å²) < 4.78 is 68.8. The van der Waals surface area contributed by atoms with Crippen molar-refractivity contribution >= 4 is 39.5 Å². The van der Waals surface area contributed by atoms with Crippen LogP contribution in [-0.4, -0.2) is 96.7 Å². The number of esters is 4. The number of carbonyl (C=O) groups excluding carboxylic acids is 4. The summed E-state index contributed by atoms with van der Waals surface area (Å²) in [6.07, 6.45) is 58.1. The van der Waals surface area contributed by atoms with Gasteiger partial charge in [0, 0.05) is 25.7 Å². The van der Waals surface area contributed by atoms with E-state index in [1.807, 2.05) is 0 Å². The van der Waals surface area contributed by atoms with Crippen LogP contribution in [0.2, 0.25) is 0 Å². The second-order valence-electron chi connectivity index (χ2n) is 30.7. The van der Waals surface area contributed by atoms with Crippen LogP contribution in [0.25, 0.3) is 0 Å². The molecule has 17 nitrogen and oxygen atoms in total. The van der Waals surface area contributed by atoms with E-state index < -0.39 is 97.5 Å². The van der Waals surface area contributed by atoms with Gasteiger partial charge >= 0.3 is 39.5 Å². The number of aliphatic hydroxyl groups excluding tert-OH is 1. The van der Waals surface area contributed by atoms with E-state index in [1.165, 1.54) is 218 Å². The number of aliphatic hydroxyl groups is 1. The number of phosphoric acid groups is 2. The molecule has 0 aliphatic rings. The summed E-state index contributed by atoms with van der Waals surface area (Å²) >= 11 is 0. The topological polar surface area (TPSA) is 237 Å². The Morgan fingerprint density at radius 1 is 0.277 bits per heavy atom. The van der Waals surface area contributed by atoms with Crippen LogP contribution < -0.4 is 0 Å². The Morgan fingerprint density at radius 3 is 0.703 bits per heavy atom. The Morgan fingerprint density at radius 2 is 0.475 bits per heavy atom. The molecule has 101 heavy (non-hydrogen) atoms. The van der Waals surface area contributed by atoms with Gasteiger partial charge in [-0.1, -0.05) is 370 Å². The van der Waals surface area contributed by atoms with Crippen molar-refractivity contribution in [3.8, 4) is 0 Å². The van der Waals surface area contributed by atoms with Crippen LogP contribution in [0, 0.1) is 23.7 Å². The summed E-state index contributed by atoms with van der Waals surface area (Å²) in [5.74, 6) is 1.08. The molecule has 5 unspecified atom stereocenters. The molecule has 0 aromatic rings. The van der Waals surface area contributed by atoms with Gasteiger partial charge in [-0.3, -0.25) is 37.3 Å². The Balaban J connectivity index is 5.24. The zero-order chi connectivity index (χ0) is 74.6.